The van der Waals surface area contributed by atoms with Gasteiger partial charge in [0, 0.05) is 47.9 Å². The van der Waals surface area contributed by atoms with Crippen molar-refractivity contribution in [1.29, 1.82) is 0 Å². The van der Waals surface area contributed by atoms with Crippen LogP contribution in [-0.4, -0.2) is 62.0 Å². The number of carbonyl (C=O) groups excluding carboxylic acids is 2. The Morgan fingerprint density at radius 1 is 0.931 bits per heavy atom. The van der Waals surface area contributed by atoms with E-state index in [1.165, 1.54) is 0 Å². The largest absolute Gasteiger partial charge is 0.497 e. The highest BCUT2D eigenvalue weighted by atomic mass is 79.9. The summed E-state index contributed by atoms with van der Waals surface area (Å²) in [6.45, 7) is 2.01. The minimum Gasteiger partial charge on any atom is -0.497 e. The average molecular weight is 459 g/mol. The van der Waals surface area contributed by atoms with E-state index in [4.69, 9.17) is 9.47 Å². The van der Waals surface area contributed by atoms with Crippen LogP contribution < -0.4 is 9.47 Å². The van der Waals surface area contributed by atoms with Crippen molar-refractivity contribution in [3.05, 3.63) is 64.1 Å². The number of halogens is 1. The first kappa shape index (κ1) is 20.9. The molecule has 7 heteroatoms. The smallest absolute Gasteiger partial charge is 0.253 e. The monoisotopic (exact) mass is 458 g/mol. The summed E-state index contributed by atoms with van der Waals surface area (Å²) >= 11 is 3.43. The SMILES string of the molecule is COc1ccc(C(=O)N2CCN(C(=O)/C=C/c3cc(Br)ccc3OC)CC2)cc1. The number of piperazine rings is 1. The number of hydrogen-bond donors (Lipinski definition) is 0. The molecule has 2 aromatic carbocycles. The van der Waals surface area contributed by atoms with Crippen molar-refractivity contribution in [2.75, 3.05) is 40.4 Å². The molecule has 0 saturated carbocycles. The van der Waals surface area contributed by atoms with Gasteiger partial charge in [0.25, 0.3) is 5.91 Å². The Morgan fingerprint density at radius 2 is 1.59 bits per heavy atom. The van der Waals surface area contributed by atoms with E-state index >= 15 is 0 Å². The fraction of sp³-hybridized carbons (Fsp3) is 0.273. The third kappa shape index (κ3) is 5.17. The van der Waals surface area contributed by atoms with E-state index in [-0.39, 0.29) is 11.8 Å². The second kappa shape index (κ2) is 9.60. The molecule has 0 N–H and O–H groups in total. The highest BCUT2D eigenvalue weighted by Gasteiger charge is 2.24. The lowest BCUT2D eigenvalue weighted by Gasteiger charge is -2.34. The number of benzene rings is 2. The maximum atomic E-state index is 12.6. The summed E-state index contributed by atoms with van der Waals surface area (Å²) in [5.41, 5.74) is 1.44. The van der Waals surface area contributed by atoms with Crippen molar-refractivity contribution < 1.29 is 19.1 Å². The van der Waals surface area contributed by atoms with Gasteiger partial charge in [0.1, 0.15) is 11.5 Å². The van der Waals surface area contributed by atoms with Crippen molar-refractivity contribution in [3.8, 4) is 11.5 Å². The molecule has 0 atom stereocenters. The molecule has 1 aliphatic heterocycles. The van der Waals surface area contributed by atoms with E-state index < -0.39 is 0 Å². The van der Waals surface area contributed by atoms with Crippen LogP contribution in [0.1, 0.15) is 15.9 Å². The zero-order chi connectivity index (χ0) is 20.8. The number of amides is 2. The van der Waals surface area contributed by atoms with Gasteiger partial charge in [0.05, 0.1) is 14.2 Å². The molecule has 0 aromatic heterocycles. The number of nitrogens with zero attached hydrogens (tertiary/aromatic N) is 2. The molecule has 1 heterocycles. The van der Waals surface area contributed by atoms with Gasteiger partial charge >= 0.3 is 0 Å². The van der Waals surface area contributed by atoms with Crippen LogP contribution in [0, 0.1) is 0 Å². The standard InChI is InChI=1S/C22H23BrN2O4/c1-28-19-7-3-16(4-8-19)22(27)25-13-11-24(12-14-25)21(26)10-5-17-15-18(23)6-9-20(17)29-2/h3-10,15H,11-14H2,1-2H3/b10-5+. The molecule has 1 saturated heterocycles. The van der Waals surface area contributed by atoms with Crippen LogP contribution >= 0.6 is 15.9 Å². The van der Waals surface area contributed by atoms with E-state index in [1.807, 2.05) is 18.2 Å². The Labute approximate surface area is 178 Å². The first-order valence-corrected chi connectivity index (χ1v) is 10.0. The summed E-state index contributed by atoms with van der Waals surface area (Å²) in [5, 5.41) is 0. The molecular formula is C22H23BrN2O4. The third-order valence-corrected chi connectivity index (χ3v) is 5.31. The van der Waals surface area contributed by atoms with Crippen molar-refractivity contribution in [3.63, 3.8) is 0 Å². The lowest BCUT2D eigenvalue weighted by Crippen LogP contribution is -2.50. The normalized spacial score (nSPS) is 14.2. The van der Waals surface area contributed by atoms with Crippen LogP contribution in [0.4, 0.5) is 0 Å². The zero-order valence-corrected chi connectivity index (χ0v) is 18.0. The molecule has 29 heavy (non-hydrogen) atoms. The third-order valence-electron chi connectivity index (χ3n) is 4.81. The molecule has 152 valence electrons. The van der Waals surface area contributed by atoms with Gasteiger partial charge in [-0.15, -0.1) is 0 Å². The summed E-state index contributed by atoms with van der Waals surface area (Å²) in [7, 11) is 3.19. The Morgan fingerprint density at radius 3 is 2.21 bits per heavy atom. The van der Waals surface area contributed by atoms with E-state index in [0.717, 1.165) is 10.0 Å². The fourth-order valence-corrected chi connectivity index (χ4v) is 3.53. The van der Waals surface area contributed by atoms with Gasteiger partial charge in [0.2, 0.25) is 5.91 Å². The van der Waals surface area contributed by atoms with Gasteiger partial charge in [-0.25, -0.2) is 0 Å². The Balaban J connectivity index is 1.58. The second-order valence-corrected chi connectivity index (χ2v) is 7.48. The number of methoxy groups -OCH3 is 2. The van der Waals surface area contributed by atoms with Crippen molar-refractivity contribution in [1.82, 2.24) is 9.80 Å². The molecule has 0 bridgehead atoms. The maximum absolute atomic E-state index is 12.6. The van der Waals surface area contributed by atoms with Crippen LogP contribution in [0.2, 0.25) is 0 Å². The second-order valence-electron chi connectivity index (χ2n) is 6.57. The minimum absolute atomic E-state index is 0.0332. The van der Waals surface area contributed by atoms with Crippen LogP contribution in [0.25, 0.3) is 6.08 Å². The van der Waals surface area contributed by atoms with Gasteiger partial charge in [-0.2, -0.15) is 0 Å². The van der Waals surface area contributed by atoms with Gasteiger partial charge in [-0.3, -0.25) is 9.59 Å². The van der Waals surface area contributed by atoms with Crippen molar-refractivity contribution in [2.45, 2.75) is 0 Å². The molecular weight excluding hydrogens is 436 g/mol. The van der Waals surface area contributed by atoms with Crippen LogP contribution in [0.5, 0.6) is 11.5 Å². The molecule has 0 radical (unpaired) electrons. The fourth-order valence-electron chi connectivity index (χ4n) is 3.15. The van der Waals surface area contributed by atoms with Crippen molar-refractivity contribution in [2.24, 2.45) is 0 Å². The number of ether oxygens (including phenoxy) is 2. The molecule has 2 amide bonds. The summed E-state index contributed by atoms with van der Waals surface area (Å²) in [4.78, 5) is 28.7. The molecule has 2 aromatic rings. The maximum Gasteiger partial charge on any atom is 0.253 e. The summed E-state index contributed by atoms with van der Waals surface area (Å²) in [5.74, 6) is 1.30. The van der Waals surface area contributed by atoms with E-state index in [2.05, 4.69) is 15.9 Å². The van der Waals surface area contributed by atoms with Crippen LogP contribution in [0.15, 0.2) is 53.0 Å². The van der Waals surface area contributed by atoms with Crippen LogP contribution in [-0.2, 0) is 4.79 Å². The first-order chi connectivity index (χ1) is 14.0. The quantitative estimate of drug-likeness (QED) is 0.643. The Hall–Kier alpha value is -2.80. The van der Waals surface area contributed by atoms with Gasteiger partial charge in [-0.1, -0.05) is 15.9 Å². The average Bonchev–Trinajstić information content (AvgIpc) is 2.77. The van der Waals surface area contributed by atoms with E-state index in [0.29, 0.717) is 43.2 Å². The van der Waals surface area contributed by atoms with Gasteiger partial charge < -0.3 is 19.3 Å². The molecule has 1 fully saturated rings. The Bertz CT molecular complexity index is 904. The zero-order valence-electron chi connectivity index (χ0n) is 16.4. The highest BCUT2D eigenvalue weighted by Crippen LogP contribution is 2.24. The first-order valence-electron chi connectivity index (χ1n) is 9.25. The number of carbonyl (C=O) groups is 2. The van der Waals surface area contributed by atoms with E-state index in [9.17, 15) is 9.59 Å². The van der Waals surface area contributed by atoms with Crippen LogP contribution in [0.3, 0.4) is 0 Å². The molecule has 0 spiro atoms. The van der Waals surface area contributed by atoms with Crippen molar-refractivity contribution >= 4 is 33.8 Å². The molecule has 3 rings (SSSR count). The molecule has 0 aliphatic carbocycles. The predicted molar refractivity (Wildman–Crippen MR) is 115 cm³/mol. The molecule has 1 aliphatic rings. The predicted octanol–water partition coefficient (Wildman–Crippen LogP) is 3.46. The number of rotatable bonds is 5. The Kier molecular flexibility index (Phi) is 6.93. The highest BCUT2D eigenvalue weighted by molar-refractivity contribution is 9.10. The topological polar surface area (TPSA) is 59.1 Å². The van der Waals surface area contributed by atoms with Gasteiger partial charge in [-0.05, 0) is 48.5 Å². The summed E-state index contributed by atoms with van der Waals surface area (Å²) in [6, 6.07) is 12.7. The summed E-state index contributed by atoms with van der Waals surface area (Å²) in [6.07, 6.45) is 3.30. The molecule has 6 nitrogen and oxygen atoms in total. The lowest BCUT2D eigenvalue weighted by atomic mass is 10.1. The molecule has 0 unspecified atom stereocenters. The lowest BCUT2D eigenvalue weighted by molar-refractivity contribution is -0.127. The minimum atomic E-state index is -0.0800. The van der Waals surface area contributed by atoms with Gasteiger partial charge in [0.15, 0.2) is 0 Å². The number of hydrogen-bond acceptors (Lipinski definition) is 4. The summed E-state index contributed by atoms with van der Waals surface area (Å²) < 4.78 is 11.4. The van der Waals surface area contributed by atoms with E-state index in [1.54, 1.807) is 60.4 Å².